The molecule has 2 aliphatic rings. The molecule has 0 saturated heterocycles. The minimum absolute atomic E-state index is 0.389. The molecule has 18 heavy (non-hydrogen) atoms. The van der Waals surface area contributed by atoms with Gasteiger partial charge >= 0.3 is 0 Å². The molecule has 0 unspecified atom stereocenters. The third kappa shape index (κ3) is 2.17. The zero-order chi connectivity index (χ0) is 13.4. The molecule has 0 aromatic heterocycles. The summed E-state index contributed by atoms with van der Waals surface area (Å²) in [5.41, 5.74) is 2.26. The van der Waals surface area contributed by atoms with Crippen molar-refractivity contribution in [3.8, 4) is 0 Å². The van der Waals surface area contributed by atoms with E-state index in [-0.39, 0.29) is 0 Å². The highest BCUT2D eigenvalue weighted by Gasteiger charge is 2.52. The maximum Gasteiger partial charge on any atom is 0.120 e. The molecular weight excluding hydrogens is 220 g/mol. The summed E-state index contributed by atoms with van der Waals surface area (Å²) in [6.45, 7) is 11.7. The molecule has 0 radical (unpaired) electrons. The second-order valence-corrected chi connectivity index (χ2v) is 7.39. The fraction of sp³-hybridized carbons (Fsp3) is 0.824. The second kappa shape index (κ2) is 4.83. The van der Waals surface area contributed by atoms with Crippen molar-refractivity contribution in [2.45, 2.75) is 65.7 Å². The topological polar surface area (TPSA) is 17.1 Å². The molecule has 0 amide bonds. The predicted molar refractivity (Wildman–Crippen MR) is 76.4 cm³/mol. The van der Waals surface area contributed by atoms with Gasteiger partial charge in [0.1, 0.15) is 6.29 Å². The number of rotatable bonds is 3. The van der Waals surface area contributed by atoms with Crippen molar-refractivity contribution in [3.05, 3.63) is 12.2 Å². The van der Waals surface area contributed by atoms with Crippen LogP contribution in [0.15, 0.2) is 12.2 Å². The highest BCUT2D eigenvalue weighted by atomic mass is 16.1. The van der Waals surface area contributed by atoms with Crippen molar-refractivity contribution < 1.29 is 4.79 Å². The third-order valence-electron chi connectivity index (χ3n) is 5.89. The SMILES string of the molecule is C=C1CC[C@H]2C(C)(C)CCC[C@]2(C)[C@@H]1CCC=O. The number of carbonyl (C=O) groups excluding carboxylic acids is 1. The van der Waals surface area contributed by atoms with Crippen LogP contribution in [0.5, 0.6) is 0 Å². The van der Waals surface area contributed by atoms with Crippen LogP contribution in [0.4, 0.5) is 0 Å². The van der Waals surface area contributed by atoms with Crippen LogP contribution in [0.3, 0.4) is 0 Å². The Hall–Kier alpha value is -0.590. The van der Waals surface area contributed by atoms with Gasteiger partial charge in [-0.2, -0.15) is 0 Å². The van der Waals surface area contributed by atoms with Crippen LogP contribution >= 0.6 is 0 Å². The van der Waals surface area contributed by atoms with Crippen LogP contribution in [0.2, 0.25) is 0 Å². The van der Waals surface area contributed by atoms with E-state index in [0.29, 0.717) is 23.2 Å². The minimum atomic E-state index is 0.389. The fourth-order valence-electron chi connectivity index (χ4n) is 5.04. The smallest absolute Gasteiger partial charge is 0.120 e. The van der Waals surface area contributed by atoms with Crippen molar-refractivity contribution >= 4 is 6.29 Å². The first-order valence-corrected chi connectivity index (χ1v) is 7.53. The van der Waals surface area contributed by atoms with E-state index in [2.05, 4.69) is 27.4 Å². The van der Waals surface area contributed by atoms with Crippen molar-refractivity contribution in [1.82, 2.24) is 0 Å². The molecule has 0 spiro atoms. The van der Waals surface area contributed by atoms with Gasteiger partial charge in [0.05, 0.1) is 0 Å². The van der Waals surface area contributed by atoms with Crippen LogP contribution < -0.4 is 0 Å². The molecular formula is C17H28O. The average Bonchev–Trinajstić information content (AvgIpc) is 2.27. The van der Waals surface area contributed by atoms with E-state index in [1.165, 1.54) is 37.7 Å². The lowest BCUT2D eigenvalue weighted by molar-refractivity contribution is -0.108. The van der Waals surface area contributed by atoms with E-state index in [1.54, 1.807) is 0 Å². The first-order valence-electron chi connectivity index (χ1n) is 7.53. The van der Waals surface area contributed by atoms with Gasteiger partial charge in [0.25, 0.3) is 0 Å². The highest BCUT2D eigenvalue weighted by Crippen LogP contribution is 2.61. The summed E-state index contributed by atoms with van der Waals surface area (Å²) in [6.07, 6.45) is 9.30. The van der Waals surface area contributed by atoms with Gasteiger partial charge in [-0.15, -0.1) is 0 Å². The maximum absolute atomic E-state index is 10.7. The van der Waals surface area contributed by atoms with Gasteiger partial charge < -0.3 is 4.79 Å². The van der Waals surface area contributed by atoms with Crippen LogP contribution in [0.1, 0.15) is 65.7 Å². The van der Waals surface area contributed by atoms with Crippen molar-refractivity contribution in [3.63, 3.8) is 0 Å². The van der Waals surface area contributed by atoms with Crippen LogP contribution in [0.25, 0.3) is 0 Å². The monoisotopic (exact) mass is 248 g/mol. The molecule has 0 aliphatic heterocycles. The van der Waals surface area contributed by atoms with Gasteiger partial charge in [-0.3, -0.25) is 0 Å². The quantitative estimate of drug-likeness (QED) is 0.519. The Labute approximate surface area is 112 Å². The van der Waals surface area contributed by atoms with Crippen molar-refractivity contribution in [1.29, 1.82) is 0 Å². The third-order valence-corrected chi connectivity index (χ3v) is 5.89. The molecule has 3 atom stereocenters. The first-order chi connectivity index (χ1) is 8.42. The highest BCUT2D eigenvalue weighted by molar-refractivity contribution is 5.49. The van der Waals surface area contributed by atoms with E-state index >= 15 is 0 Å². The summed E-state index contributed by atoms with van der Waals surface area (Å²) in [6, 6.07) is 0. The van der Waals surface area contributed by atoms with Gasteiger partial charge in [-0.05, 0) is 54.8 Å². The lowest BCUT2D eigenvalue weighted by atomic mass is 9.47. The zero-order valence-electron chi connectivity index (χ0n) is 12.3. The molecule has 102 valence electrons. The number of allylic oxidation sites excluding steroid dienone is 1. The number of aldehydes is 1. The van der Waals surface area contributed by atoms with E-state index in [4.69, 9.17) is 0 Å². The van der Waals surface area contributed by atoms with Gasteiger partial charge in [0.2, 0.25) is 0 Å². The van der Waals surface area contributed by atoms with E-state index < -0.39 is 0 Å². The summed E-state index contributed by atoms with van der Waals surface area (Å²) in [7, 11) is 0. The fourth-order valence-corrected chi connectivity index (χ4v) is 5.04. The molecule has 0 aromatic carbocycles. The Kier molecular flexibility index (Phi) is 3.71. The van der Waals surface area contributed by atoms with E-state index in [0.717, 1.165) is 18.6 Å². The summed E-state index contributed by atoms with van der Waals surface area (Å²) in [5, 5.41) is 0. The Bertz CT molecular complexity index is 342. The van der Waals surface area contributed by atoms with Crippen molar-refractivity contribution in [2.75, 3.05) is 0 Å². The summed E-state index contributed by atoms with van der Waals surface area (Å²) in [4.78, 5) is 10.7. The number of carbonyl (C=O) groups is 1. The van der Waals surface area contributed by atoms with Crippen LogP contribution in [0, 0.1) is 22.7 Å². The Morgan fingerprint density at radius 1 is 1.33 bits per heavy atom. The van der Waals surface area contributed by atoms with E-state index in [9.17, 15) is 4.79 Å². The molecule has 2 rings (SSSR count). The van der Waals surface area contributed by atoms with Crippen LogP contribution in [-0.4, -0.2) is 6.29 Å². The molecule has 1 heteroatoms. The second-order valence-electron chi connectivity index (χ2n) is 7.39. The summed E-state index contributed by atoms with van der Waals surface area (Å²) < 4.78 is 0. The standard InChI is InChI=1S/C17H28O/c1-13-8-9-15-16(2,3)10-6-11-17(15,4)14(13)7-5-12-18/h12,14-15H,1,5-11H2,2-4H3/t14-,15+,17-/m1/s1. The molecule has 2 fully saturated rings. The summed E-state index contributed by atoms with van der Waals surface area (Å²) in [5.74, 6) is 1.38. The maximum atomic E-state index is 10.7. The lowest BCUT2D eigenvalue weighted by Crippen LogP contribution is -2.49. The van der Waals surface area contributed by atoms with Gasteiger partial charge in [-0.25, -0.2) is 0 Å². The number of hydrogen-bond acceptors (Lipinski definition) is 1. The first kappa shape index (κ1) is 13.8. The predicted octanol–water partition coefficient (Wildman–Crippen LogP) is 4.76. The minimum Gasteiger partial charge on any atom is -0.303 e. The molecule has 0 N–H and O–H groups in total. The Morgan fingerprint density at radius 3 is 2.72 bits per heavy atom. The average molecular weight is 248 g/mol. The van der Waals surface area contributed by atoms with E-state index in [1.807, 2.05) is 0 Å². The molecule has 0 aromatic rings. The van der Waals surface area contributed by atoms with Gasteiger partial charge in [0.15, 0.2) is 0 Å². The molecule has 2 aliphatic carbocycles. The Morgan fingerprint density at radius 2 is 2.06 bits per heavy atom. The van der Waals surface area contributed by atoms with Gasteiger partial charge in [0, 0.05) is 6.42 Å². The van der Waals surface area contributed by atoms with Gasteiger partial charge in [-0.1, -0.05) is 39.3 Å². The normalized spacial score (nSPS) is 39.2. The largest absolute Gasteiger partial charge is 0.303 e. The number of fused-ring (bicyclic) bond motifs is 1. The van der Waals surface area contributed by atoms with Crippen molar-refractivity contribution in [2.24, 2.45) is 22.7 Å². The molecule has 1 nitrogen and oxygen atoms in total. The molecule has 2 saturated carbocycles. The number of hydrogen-bond donors (Lipinski definition) is 0. The molecule has 0 heterocycles. The summed E-state index contributed by atoms with van der Waals surface area (Å²) >= 11 is 0. The molecule has 0 bridgehead atoms. The van der Waals surface area contributed by atoms with Crippen LogP contribution in [-0.2, 0) is 4.79 Å². The Balaban J connectivity index is 2.27. The lowest BCUT2D eigenvalue weighted by Gasteiger charge is -2.58. The zero-order valence-corrected chi connectivity index (χ0v) is 12.3.